The van der Waals surface area contributed by atoms with Crippen molar-refractivity contribution >= 4 is 27.3 Å². The maximum absolute atomic E-state index is 5.66. The highest BCUT2D eigenvalue weighted by Gasteiger charge is 2.19. The molecule has 0 bridgehead atoms. The van der Waals surface area contributed by atoms with E-state index in [1.165, 1.54) is 41.0 Å². The molecule has 1 saturated heterocycles. The van der Waals surface area contributed by atoms with Gasteiger partial charge in [0, 0.05) is 21.2 Å². The Hall–Kier alpha value is 0.140. The van der Waals surface area contributed by atoms with Crippen molar-refractivity contribution in [1.82, 2.24) is 0 Å². The smallest absolute Gasteiger partial charge is 0.0576 e. The van der Waals surface area contributed by atoms with Crippen LogP contribution in [0.4, 0.5) is 0 Å². The monoisotopic (exact) mass is 302 g/mol. The molecule has 0 spiro atoms. The zero-order valence-electron chi connectivity index (χ0n) is 9.96. The van der Waals surface area contributed by atoms with Crippen LogP contribution in [0.2, 0.25) is 0 Å². The summed E-state index contributed by atoms with van der Waals surface area (Å²) in [4.78, 5) is 3.36. The van der Waals surface area contributed by atoms with Gasteiger partial charge in [0.1, 0.15) is 0 Å². The van der Waals surface area contributed by atoms with Gasteiger partial charge in [-0.2, -0.15) is 0 Å². The summed E-state index contributed by atoms with van der Waals surface area (Å²) < 4.78 is 5.66. The average Bonchev–Trinajstić information content (AvgIpc) is 2.84. The third-order valence-electron chi connectivity index (χ3n) is 3.18. The Bertz CT molecular complexity index is 342. The molecule has 2 atom stereocenters. The first-order valence-electron chi connectivity index (χ1n) is 5.99. The van der Waals surface area contributed by atoms with Crippen molar-refractivity contribution in [1.29, 1.82) is 0 Å². The molecule has 1 aliphatic heterocycles. The van der Waals surface area contributed by atoms with Crippen LogP contribution in [0.3, 0.4) is 0 Å². The van der Waals surface area contributed by atoms with E-state index < -0.39 is 0 Å². The van der Waals surface area contributed by atoms with Gasteiger partial charge in [-0.3, -0.25) is 0 Å². The summed E-state index contributed by atoms with van der Waals surface area (Å²) in [5.74, 6) is 0. The highest BCUT2D eigenvalue weighted by Crippen LogP contribution is 2.35. The highest BCUT2D eigenvalue weighted by atomic mass is 79.9. The van der Waals surface area contributed by atoms with Gasteiger partial charge in [-0.15, -0.1) is 11.3 Å². The molecular weight excluding hydrogens is 284 g/mol. The number of alkyl halides is 1. The van der Waals surface area contributed by atoms with E-state index in [1.54, 1.807) is 0 Å². The molecule has 1 aromatic rings. The van der Waals surface area contributed by atoms with Crippen molar-refractivity contribution in [3.63, 3.8) is 0 Å². The van der Waals surface area contributed by atoms with Crippen LogP contribution in [0.1, 0.15) is 45.8 Å². The molecule has 3 heteroatoms. The minimum absolute atomic E-state index is 0.502. The summed E-state index contributed by atoms with van der Waals surface area (Å²) >= 11 is 5.70. The van der Waals surface area contributed by atoms with Crippen LogP contribution in [-0.2, 0) is 4.74 Å². The maximum atomic E-state index is 5.66. The molecule has 0 N–H and O–H groups in total. The van der Waals surface area contributed by atoms with Crippen LogP contribution in [0.25, 0.3) is 0 Å². The third-order valence-corrected chi connectivity index (χ3v) is 5.12. The van der Waals surface area contributed by atoms with Crippen LogP contribution in [0.5, 0.6) is 0 Å². The predicted molar refractivity (Wildman–Crippen MR) is 73.7 cm³/mol. The van der Waals surface area contributed by atoms with Crippen molar-refractivity contribution in [3.8, 4) is 0 Å². The van der Waals surface area contributed by atoms with E-state index in [0.717, 1.165) is 6.61 Å². The second-order valence-electron chi connectivity index (χ2n) is 4.55. The summed E-state index contributed by atoms with van der Waals surface area (Å²) in [5.41, 5.74) is 1.47. The lowest BCUT2D eigenvalue weighted by molar-refractivity contribution is 0.102. The summed E-state index contributed by atoms with van der Waals surface area (Å²) in [7, 11) is 0. The Morgan fingerprint density at radius 3 is 2.94 bits per heavy atom. The Kier molecular flexibility index (Phi) is 4.45. The van der Waals surface area contributed by atoms with Crippen LogP contribution < -0.4 is 0 Å². The molecule has 0 radical (unpaired) electrons. The zero-order valence-corrected chi connectivity index (χ0v) is 12.4. The summed E-state index contributed by atoms with van der Waals surface area (Å²) in [6.45, 7) is 5.36. The van der Waals surface area contributed by atoms with Crippen molar-refractivity contribution < 1.29 is 4.74 Å². The van der Waals surface area contributed by atoms with Gasteiger partial charge < -0.3 is 4.74 Å². The van der Waals surface area contributed by atoms with Gasteiger partial charge in [0.15, 0.2) is 0 Å². The number of thiophene rings is 1. The summed E-state index contributed by atoms with van der Waals surface area (Å²) in [6, 6.07) is 2.31. The average molecular weight is 303 g/mol. The van der Waals surface area contributed by atoms with E-state index in [-0.39, 0.29) is 0 Å². The molecule has 16 heavy (non-hydrogen) atoms. The number of rotatable bonds is 4. The minimum Gasteiger partial charge on any atom is -0.378 e. The lowest BCUT2D eigenvalue weighted by Gasteiger charge is -2.13. The number of halogens is 1. The molecule has 1 aliphatic rings. The summed E-state index contributed by atoms with van der Waals surface area (Å²) in [5, 5.41) is 0. The van der Waals surface area contributed by atoms with E-state index in [2.05, 4.69) is 35.8 Å². The van der Waals surface area contributed by atoms with E-state index in [1.807, 2.05) is 11.3 Å². The SMILES string of the molecule is Cc1cc(C(Br)CCC2CCCO2)c(C)s1. The first-order chi connectivity index (χ1) is 7.66. The maximum Gasteiger partial charge on any atom is 0.0576 e. The van der Waals surface area contributed by atoms with Crippen molar-refractivity contribution in [2.75, 3.05) is 6.61 Å². The molecule has 1 fully saturated rings. The van der Waals surface area contributed by atoms with Crippen LogP contribution in [0, 0.1) is 13.8 Å². The van der Waals surface area contributed by atoms with Crippen molar-refractivity contribution in [2.24, 2.45) is 0 Å². The van der Waals surface area contributed by atoms with Crippen LogP contribution in [-0.4, -0.2) is 12.7 Å². The summed E-state index contributed by atoms with van der Waals surface area (Å²) in [6.07, 6.45) is 5.38. The molecule has 1 nitrogen and oxygen atoms in total. The first kappa shape index (κ1) is 12.6. The molecule has 90 valence electrons. The van der Waals surface area contributed by atoms with Gasteiger partial charge >= 0.3 is 0 Å². The van der Waals surface area contributed by atoms with Crippen LogP contribution >= 0.6 is 27.3 Å². The van der Waals surface area contributed by atoms with Gasteiger partial charge in [0.2, 0.25) is 0 Å². The lowest BCUT2D eigenvalue weighted by Crippen LogP contribution is -2.05. The number of hydrogen-bond acceptors (Lipinski definition) is 2. The molecule has 1 aromatic heterocycles. The second-order valence-corrected chi connectivity index (χ2v) is 7.11. The molecule has 0 aliphatic carbocycles. The van der Waals surface area contributed by atoms with Gasteiger partial charge in [-0.05, 0) is 51.2 Å². The fourth-order valence-electron chi connectivity index (χ4n) is 2.32. The highest BCUT2D eigenvalue weighted by molar-refractivity contribution is 9.09. The quantitative estimate of drug-likeness (QED) is 0.729. The number of aryl methyl sites for hydroxylation is 2. The normalized spacial score (nSPS) is 22.6. The molecule has 0 amide bonds. The fraction of sp³-hybridized carbons (Fsp3) is 0.692. The number of hydrogen-bond donors (Lipinski definition) is 0. The number of ether oxygens (including phenoxy) is 1. The fourth-order valence-corrected chi connectivity index (χ4v) is 4.20. The van der Waals surface area contributed by atoms with Gasteiger partial charge in [-0.1, -0.05) is 15.9 Å². The van der Waals surface area contributed by atoms with Gasteiger partial charge in [-0.25, -0.2) is 0 Å². The minimum atomic E-state index is 0.502. The molecule has 0 aromatic carbocycles. The molecule has 2 rings (SSSR count). The zero-order chi connectivity index (χ0) is 11.5. The Balaban J connectivity index is 1.87. The van der Waals surface area contributed by atoms with E-state index in [9.17, 15) is 0 Å². The van der Waals surface area contributed by atoms with Crippen molar-refractivity contribution in [3.05, 3.63) is 21.4 Å². The first-order valence-corrected chi connectivity index (χ1v) is 7.72. The molecular formula is C13H19BrOS. The van der Waals surface area contributed by atoms with Gasteiger partial charge in [0.05, 0.1) is 6.10 Å². The largest absolute Gasteiger partial charge is 0.378 e. The lowest BCUT2D eigenvalue weighted by atomic mass is 10.0. The molecule has 0 saturated carbocycles. The Morgan fingerprint density at radius 2 is 2.38 bits per heavy atom. The van der Waals surface area contributed by atoms with Crippen molar-refractivity contribution in [2.45, 2.75) is 50.5 Å². The topological polar surface area (TPSA) is 9.23 Å². The third kappa shape index (κ3) is 3.08. The van der Waals surface area contributed by atoms with E-state index in [4.69, 9.17) is 4.74 Å². The standard InChI is InChI=1S/C13H19BrOS/c1-9-8-12(10(2)16-9)13(14)6-5-11-4-3-7-15-11/h8,11,13H,3-7H2,1-2H3. The van der Waals surface area contributed by atoms with Crippen LogP contribution in [0.15, 0.2) is 6.07 Å². The Labute approximate surface area is 110 Å². The molecule has 2 unspecified atom stereocenters. The Morgan fingerprint density at radius 1 is 1.56 bits per heavy atom. The second kappa shape index (κ2) is 5.65. The predicted octanol–water partition coefficient (Wildman–Crippen LogP) is 4.76. The van der Waals surface area contributed by atoms with E-state index in [0.29, 0.717) is 10.9 Å². The molecule has 2 heterocycles. The van der Waals surface area contributed by atoms with E-state index >= 15 is 0 Å². The van der Waals surface area contributed by atoms with Gasteiger partial charge in [0.25, 0.3) is 0 Å².